The van der Waals surface area contributed by atoms with Gasteiger partial charge in [0, 0.05) is 12.3 Å². The van der Waals surface area contributed by atoms with E-state index in [2.05, 4.69) is 15.0 Å². The summed E-state index contributed by atoms with van der Waals surface area (Å²) in [5.74, 6) is 0.613. The fraction of sp³-hybridized carbons (Fsp3) is 0.250. The second-order valence-electron chi connectivity index (χ2n) is 1.36. The van der Waals surface area contributed by atoms with Crippen molar-refractivity contribution in [1.29, 1.82) is 0 Å². The Hall–Kier alpha value is 0.446. The molecule has 1 heterocycles. The van der Waals surface area contributed by atoms with E-state index < -0.39 is 0 Å². The molecule has 42 valence electrons. The molecule has 0 spiro atoms. The maximum absolute atomic E-state index is 6.87. The van der Waals surface area contributed by atoms with Crippen molar-refractivity contribution in [3.8, 4) is 0 Å². The number of aryl methyl sites for hydroxylation is 1. The van der Waals surface area contributed by atoms with Crippen molar-refractivity contribution in [1.82, 2.24) is 15.0 Å². The van der Waals surface area contributed by atoms with E-state index >= 15 is 0 Å². The Kier molecular flexibility index (Phi) is 4.50. The van der Waals surface area contributed by atoms with Crippen molar-refractivity contribution < 1.29 is 51.4 Å². The molecule has 0 radical (unpaired) electrons. The number of nitrogens with zero attached hydrogens (tertiary/aromatic N) is 3. The third-order valence-corrected chi connectivity index (χ3v) is 0.692. The van der Waals surface area contributed by atoms with Gasteiger partial charge in [-0.1, -0.05) is 0 Å². The van der Waals surface area contributed by atoms with Gasteiger partial charge in [0.05, 0.1) is 5.82 Å². The van der Waals surface area contributed by atoms with Gasteiger partial charge < -0.3 is 15.7 Å². The number of hydrogen-bond donors (Lipinski definition) is 0. The van der Waals surface area contributed by atoms with Gasteiger partial charge in [-0.15, -0.1) is 0 Å². The molecule has 0 bridgehead atoms. The standard InChI is InChI=1S/C4H5N4.K/c1-3-6-2-7-4(5)8-3;/h2H,1H3,(H-,5,6,7,8);/q-1;+1. The predicted molar refractivity (Wildman–Crippen MR) is 28.5 cm³/mol. The van der Waals surface area contributed by atoms with Crippen molar-refractivity contribution in [3.05, 3.63) is 17.9 Å². The van der Waals surface area contributed by atoms with Gasteiger partial charge in [-0.2, -0.15) is 0 Å². The molecule has 0 aliphatic heterocycles. The molecule has 1 aromatic rings. The van der Waals surface area contributed by atoms with Gasteiger partial charge in [-0.25, -0.2) is 0 Å². The quantitative estimate of drug-likeness (QED) is 0.395. The Morgan fingerprint density at radius 3 is 2.44 bits per heavy atom. The second-order valence-corrected chi connectivity index (χ2v) is 1.36. The van der Waals surface area contributed by atoms with Crippen LogP contribution in [0, 0.1) is 6.92 Å². The normalized spacial score (nSPS) is 8.11. The van der Waals surface area contributed by atoms with Crippen LogP contribution in [0.1, 0.15) is 5.82 Å². The van der Waals surface area contributed by atoms with Crippen molar-refractivity contribution >= 4 is 5.95 Å². The summed E-state index contributed by atoms with van der Waals surface area (Å²) >= 11 is 0. The summed E-state index contributed by atoms with van der Waals surface area (Å²) in [6.45, 7) is 1.72. The van der Waals surface area contributed by atoms with Gasteiger partial charge >= 0.3 is 51.4 Å². The van der Waals surface area contributed by atoms with E-state index in [0.717, 1.165) is 0 Å². The largest absolute Gasteiger partial charge is 1.00 e. The fourth-order valence-electron chi connectivity index (χ4n) is 0.378. The van der Waals surface area contributed by atoms with E-state index in [1.807, 2.05) is 0 Å². The van der Waals surface area contributed by atoms with Gasteiger partial charge in [0.1, 0.15) is 0 Å². The van der Waals surface area contributed by atoms with Gasteiger partial charge in [-0.05, 0) is 6.92 Å². The molecule has 0 aliphatic carbocycles. The summed E-state index contributed by atoms with van der Waals surface area (Å²) in [5, 5.41) is 0. The van der Waals surface area contributed by atoms with Gasteiger partial charge in [-0.3, -0.25) is 4.98 Å². The van der Waals surface area contributed by atoms with Crippen molar-refractivity contribution in [2.75, 3.05) is 0 Å². The molecule has 0 saturated heterocycles. The molecule has 0 fully saturated rings. The van der Waals surface area contributed by atoms with E-state index in [-0.39, 0.29) is 57.3 Å². The van der Waals surface area contributed by atoms with Crippen LogP contribution >= 0.6 is 0 Å². The third-order valence-electron chi connectivity index (χ3n) is 0.692. The minimum absolute atomic E-state index is 0. The molecule has 1 rings (SSSR count). The van der Waals surface area contributed by atoms with Crippen LogP contribution in [0.3, 0.4) is 0 Å². The molecule has 0 unspecified atom stereocenters. The van der Waals surface area contributed by atoms with Crippen molar-refractivity contribution in [2.45, 2.75) is 6.92 Å². The molecular formula is C4H5KN4. The summed E-state index contributed by atoms with van der Waals surface area (Å²) in [4.78, 5) is 10.8. The first-order valence-corrected chi connectivity index (χ1v) is 2.16. The first-order chi connectivity index (χ1) is 3.79. The average Bonchev–Trinajstić information content (AvgIpc) is 1.64. The minimum atomic E-state index is 0. The van der Waals surface area contributed by atoms with E-state index in [9.17, 15) is 0 Å². The third kappa shape index (κ3) is 3.22. The molecule has 1 aromatic heterocycles. The molecule has 0 atom stereocenters. The van der Waals surface area contributed by atoms with Gasteiger partial charge in [0.25, 0.3) is 0 Å². The van der Waals surface area contributed by atoms with E-state index in [1.54, 1.807) is 6.92 Å². The van der Waals surface area contributed by atoms with Crippen LogP contribution in [0.4, 0.5) is 5.95 Å². The number of nitrogens with one attached hydrogen (secondary N) is 1. The maximum Gasteiger partial charge on any atom is 1.00 e. The summed E-state index contributed by atoms with van der Waals surface area (Å²) in [6, 6.07) is 0. The van der Waals surface area contributed by atoms with E-state index in [0.29, 0.717) is 5.82 Å². The van der Waals surface area contributed by atoms with E-state index in [4.69, 9.17) is 5.73 Å². The Labute approximate surface area is 95.7 Å². The van der Waals surface area contributed by atoms with Crippen LogP contribution in [-0.4, -0.2) is 15.0 Å². The molecule has 5 heteroatoms. The molecule has 0 aromatic carbocycles. The Morgan fingerprint density at radius 2 is 2.11 bits per heavy atom. The van der Waals surface area contributed by atoms with Gasteiger partial charge in [0.2, 0.25) is 0 Å². The van der Waals surface area contributed by atoms with Crippen LogP contribution in [-0.2, 0) is 0 Å². The second kappa shape index (κ2) is 4.29. The zero-order valence-corrected chi connectivity index (χ0v) is 8.54. The molecule has 0 aliphatic rings. The molecule has 0 amide bonds. The minimum Gasteiger partial charge on any atom is -0.410 e. The first kappa shape index (κ1) is 9.45. The SMILES string of the molecule is Cc1ncnc([NH-])n1.[K+]. The monoisotopic (exact) mass is 148 g/mol. The molecular weight excluding hydrogens is 143 g/mol. The Balaban J connectivity index is 0.000000640. The Morgan fingerprint density at radius 1 is 1.44 bits per heavy atom. The summed E-state index contributed by atoms with van der Waals surface area (Å²) in [6.07, 6.45) is 1.32. The zero-order valence-electron chi connectivity index (χ0n) is 5.42. The van der Waals surface area contributed by atoms with Gasteiger partial charge in [0.15, 0.2) is 0 Å². The topological polar surface area (TPSA) is 62.5 Å². The fourth-order valence-corrected chi connectivity index (χ4v) is 0.378. The molecule has 0 saturated carbocycles. The first-order valence-electron chi connectivity index (χ1n) is 2.16. The Bertz CT molecular complexity index is 172. The maximum atomic E-state index is 6.87. The van der Waals surface area contributed by atoms with Crippen LogP contribution in [0.5, 0.6) is 0 Å². The van der Waals surface area contributed by atoms with Crippen LogP contribution in [0.2, 0.25) is 0 Å². The number of aromatic nitrogens is 3. The van der Waals surface area contributed by atoms with Crippen LogP contribution < -0.4 is 51.4 Å². The predicted octanol–water partition coefficient (Wildman–Crippen LogP) is -2.13. The molecule has 9 heavy (non-hydrogen) atoms. The van der Waals surface area contributed by atoms with Crippen LogP contribution in [0.15, 0.2) is 6.33 Å². The number of rotatable bonds is 0. The zero-order chi connectivity index (χ0) is 5.98. The van der Waals surface area contributed by atoms with Crippen LogP contribution in [0.25, 0.3) is 5.73 Å². The molecule has 1 N–H and O–H groups in total. The van der Waals surface area contributed by atoms with Crippen molar-refractivity contribution in [3.63, 3.8) is 0 Å². The summed E-state index contributed by atoms with van der Waals surface area (Å²) in [7, 11) is 0. The van der Waals surface area contributed by atoms with E-state index in [1.165, 1.54) is 6.33 Å². The smallest absolute Gasteiger partial charge is 0.410 e. The summed E-state index contributed by atoms with van der Waals surface area (Å²) < 4.78 is 0. The molecule has 4 nitrogen and oxygen atoms in total. The number of hydrogen-bond acceptors (Lipinski definition) is 3. The van der Waals surface area contributed by atoms with Crippen molar-refractivity contribution in [2.24, 2.45) is 0 Å². The average molecular weight is 148 g/mol. The summed E-state index contributed by atoms with van der Waals surface area (Å²) in [5.41, 5.74) is 6.87.